The first-order chi connectivity index (χ1) is 9.78. The van der Waals surface area contributed by atoms with Gasteiger partial charge in [-0.3, -0.25) is 4.79 Å². The maximum atomic E-state index is 11.8. The van der Waals surface area contributed by atoms with Gasteiger partial charge in [0.15, 0.2) is 6.61 Å². The van der Waals surface area contributed by atoms with Crippen molar-refractivity contribution < 1.29 is 19.4 Å². The van der Waals surface area contributed by atoms with Crippen LogP contribution in [-0.4, -0.2) is 29.1 Å². The van der Waals surface area contributed by atoms with Crippen LogP contribution in [-0.2, 0) is 4.79 Å². The SMILES string of the molecule is CC(C)[C@](C)(C#N)NC(=O)COc1ccc(C(=O)O)cc1. The van der Waals surface area contributed by atoms with Gasteiger partial charge in [-0.05, 0) is 37.1 Å². The maximum absolute atomic E-state index is 11.8. The Balaban J connectivity index is 2.57. The molecule has 1 rings (SSSR count). The summed E-state index contributed by atoms with van der Waals surface area (Å²) < 4.78 is 5.26. The van der Waals surface area contributed by atoms with Crippen molar-refractivity contribution in [3.63, 3.8) is 0 Å². The zero-order valence-electron chi connectivity index (χ0n) is 12.2. The molecule has 1 atom stereocenters. The van der Waals surface area contributed by atoms with Gasteiger partial charge in [-0.1, -0.05) is 13.8 Å². The molecule has 1 amide bonds. The highest BCUT2D eigenvalue weighted by atomic mass is 16.5. The van der Waals surface area contributed by atoms with E-state index in [9.17, 15) is 9.59 Å². The standard InChI is InChI=1S/C15H18N2O4/c1-10(2)15(3,9-16)17-13(18)8-21-12-6-4-11(5-7-12)14(19)20/h4-7,10H,8H2,1-3H3,(H,17,18)(H,19,20)/t15-/m0/s1. The molecule has 1 aromatic carbocycles. The first kappa shape index (κ1) is 16.5. The number of amides is 1. The molecule has 0 bridgehead atoms. The Bertz CT molecular complexity index is 560. The number of carbonyl (C=O) groups is 2. The minimum absolute atomic E-state index is 0.0405. The lowest BCUT2D eigenvalue weighted by Gasteiger charge is -2.27. The fourth-order valence-electron chi connectivity index (χ4n) is 1.47. The van der Waals surface area contributed by atoms with Crippen molar-refractivity contribution in [1.82, 2.24) is 5.32 Å². The summed E-state index contributed by atoms with van der Waals surface area (Å²) in [4.78, 5) is 22.5. The Morgan fingerprint density at radius 3 is 2.38 bits per heavy atom. The molecular formula is C15H18N2O4. The minimum Gasteiger partial charge on any atom is -0.484 e. The summed E-state index contributed by atoms with van der Waals surface area (Å²) in [6, 6.07) is 7.81. The molecule has 0 aliphatic carbocycles. The van der Waals surface area contributed by atoms with Crippen LogP contribution in [0.25, 0.3) is 0 Å². The third-order valence-corrected chi connectivity index (χ3v) is 3.26. The van der Waals surface area contributed by atoms with E-state index in [0.29, 0.717) is 5.75 Å². The number of carboxylic acids is 1. The average molecular weight is 290 g/mol. The highest BCUT2D eigenvalue weighted by Gasteiger charge is 2.29. The third-order valence-electron chi connectivity index (χ3n) is 3.26. The highest BCUT2D eigenvalue weighted by Crippen LogP contribution is 2.15. The summed E-state index contributed by atoms with van der Waals surface area (Å²) in [6.45, 7) is 5.09. The van der Waals surface area contributed by atoms with E-state index in [1.54, 1.807) is 6.92 Å². The second-order valence-corrected chi connectivity index (χ2v) is 5.14. The zero-order valence-corrected chi connectivity index (χ0v) is 12.2. The van der Waals surface area contributed by atoms with Crippen molar-refractivity contribution in [3.05, 3.63) is 29.8 Å². The molecule has 0 spiro atoms. The topological polar surface area (TPSA) is 99.4 Å². The summed E-state index contributed by atoms with van der Waals surface area (Å²) in [5, 5.41) is 20.5. The van der Waals surface area contributed by atoms with Gasteiger partial charge < -0.3 is 15.2 Å². The van der Waals surface area contributed by atoms with Gasteiger partial charge in [0.1, 0.15) is 11.3 Å². The van der Waals surface area contributed by atoms with Gasteiger partial charge >= 0.3 is 5.97 Å². The quantitative estimate of drug-likeness (QED) is 0.832. The van der Waals surface area contributed by atoms with Crippen LogP contribution < -0.4 is 10.1 Å². The molecule has 6 nitrogen and oxygen atoms in total. The number of rotatable bonds is 6. The van der Waals surface area contributed by atoms with Crippen LogP contribution in [0.4, 0.5) is 0 Å². The lowest BCUT2D eigenvalue weighted by molar-refractivity contribution is -0.124. The summed E-state index contributed by atoms with van der Waals surface area (Å²) in [7, 11) is 0. The number of hydrogen-bond acceptors (Lipinski definition) is 4. The predicted molar refractivity (Wildman–Crippen MR) is 75.9 cm³/mol. The van der Waals surface area contributed by atoms with Gasteiger partial charge in [0.25, 0.3) is 5.91 Å². The van der Waals surface area contributed by atoms with E-state index in [-0.39, 0.29) is 18.1 Å². The number of nitriles is 1. The first-order valence-corrected chi connectivity index (χ1v) is 6.47. The normalized spacial score (nSPS) is 13.1. The van der Waals surface area contributed by atoms with Gasteiger partial charge in [0.05, 0.1) is 11.6 Å². The van der Waals surface area contributed by atoms with Crippen molar-refractivity contribution in [2.75, 3.05) is 6.61 Å². The fraction of sp³-hybridized carbons (Fsp3) is 0.400. The summed E-state index contributed by atoms with van der Waals surface area (Å²) in [5.74, 6) is -1.09. The molecule has 0 saturated heterocycles. The van der Waals surface area contributed by atoms with E-state index in [1.807, 2.05) is 13.8 Å². The van der Waals surface area contributed by atoms with Crippen molar-refractivity contribution in [2.24, 2.45) is 5.92 Å². The molecule has 0 fully saturated rings. The van der Waals surface area contributed by atoms with Crippen molar-refractivity contribution in [1.29, 1.82) is 5.26 Å². The molecule has 0 aliphatic rings. The molecule has 112 valence electrons. The molecule has 0 heterocycles. The Labute approximate surface area is 123 Å². The Kier molecular flexibility index (Phi) is 5.30. The number of ether oxygens (including phenoxy) is 1. The summed E-state index contributed by atoms with van der Waals surface area (Å²) in [6.07, 6.45) is 0. The fourth-order valence-corrected chi connectivity index (χ4v) is 1.47. The van der Waals surface area contributed by atoms with Crippen LogP contribution in [0.3, 0.4) is 0 Å². The van der Waals surface area contributed by atoms with Crippen LogP contribution in [0.15, 0.2) is 24.3 Å². The average Bonchev–Trinajstić information content (AvgIpc) is 2.45. The highest BCUT2D eigenvalue weighted by molar-refractivity contribution is 5.87. The number of hydrogen-bond donors (Lipinski definition) is 2. The molecule has 0 aliphatic heterocycles. The predicted octanol–water partition coefficient (Wildman–Crippen LogP) is 1.82. The number of aromatic carboxylic acids is 1. The monoisotopic (exact) mass is 290 g/mol. The molecule has 21 heavy (non-hydrogen) atoms. The van der Waals surface area contributed by atoms with E-state index in [0.717, 1.165) is 0 Å². The number of nitrogens with zero attached hydrogens (tertiary/aromatic N) is 1. The minimum atomic E-state index is -1.03. The molecule has 0 radical (unpaired) electrons. The largest absolute Gasteiger partial charge is 0.484 e. The smallest absolute Gasteiger partial charge is 0.335 e. The van der Waals surface area contributed by atoms with Gasteiger partial charge in [0.2, 0.25) is 0 Å². The van der Waals surface area contributed by atoms with Crippen LogP contribution >= 0.6 is 0 Å². The zero-order chi connectivity index (χ0) is 16.0. The molecule has 0 saturated carbocycles. The van der Waals surface area contributed by atoms with Crippen LogP contribution in [0.2, 0.25) is 0 Å². The third kappa shape index (κ3) is 4.49. The molecule has 0 aromatic heterocycles. The summed E-state index contributed by atoms with van der Waals surface area (Å²) >= 11 is 0. The van der Waals surface area contributed by atoms with Gasteiger partial charge in [0, 0.05) is 0 Å². The lowest BCUT2D eigenvalue weighted by atomic mass is 9.90. The lowest BCUT2D eigenvalue weighted by Crippen LogP contribution is -2.50. The Morgan fingerprint density at radius 2 is 1.95 bits per heavy atom. The second-order valence-electron chi connectivity index (χ2n) is 5.14. The van der Waals surface area contributed by atoms with Crippen LogP contribution in [0, 0.1) is 17.2 Å². The number of carbonyl (C=O) groups excluding carboxylic acids is 1. The number of carboxylic acid groups (broad SMARTS) is 1. The van der Waals surface area contributed by atoms with Crippen molar-refractivity contribution in [2.45, 2.75) is 26.3 Å². The number of nitrogens with one attached hydrogen (secondary N) is 1. The Hall–Kier alpha value is -2.55. The van der Waals surface area contributed by atoms with E-state index < -0.39 is 17.4 Å². The van der Waals surface area contributed by atoms with E-state index in [1.165, 1.54) is 24.3 Å². The Morgan fingerprint density at radius 1 is 1.38 bits per heavy atom. The molecule has 2 N–H and O–H groups in total. The van der Waals surface area contributed by atoms with Crippen LogP contribution in [0.1, 0.15) is 31.1 Å². The van der Waals surface area contributed by atoms with Gasteiger partial charge in [-0.15, -0.1) is 0 Å². The van der Waals surface area contributed by atoms with Gasteiger partial charge in [-0.2, -0.15) is 5.26 Å². The molecule has 6 heteroatoms. The number of benzene rings is 1. The van der Waals surface area contributed by atoms with E-state index in [2.05, 4.69) is 11.4 Å². The second kappa shape index (κ2) is 6.75. The first-order valence-electron chi connectivity index (χ1n) is 6.47. The molecule has 1 aromatic rings. The summed E-state index contributed by atoms with van der Waals surface area (Å²) in [5.41, 5.74) is -0.809. The van der Waals surface area contributed by atoms with Gasteiger partial charge in [-0.25, -0.2) is 4.79 Å². The van der Waals surface area contributed by atoms with Crippen molar-refractivity contribution in [3.8, 4) is 11.8 Å². The van der Waals surface area contributed by atoms with Crippen LogP contribution in [0.5, 0.6) is 5.75 Å². The molecular weight excluding hydrogens is 272 g/mol. The maximum Gasteiger partial charge on any atom is 0.335 e. The molecule has 0 unspecified atom stereocenters. The van der Waals surface area contributed by atoms with E-state index in [4.69, 9.17) is 15.1 Å². The van der Waals surface area contributed by atoms with Crippen molar-refractivity contribution >= 4 is 11.9 Å². The van der Waals surface area contributed by atoms with E-state index >= 15 is 0 Å².